The van der Waals surface area contributed by atoms with Crippen LogP contribution in [0.25, 0.3) is 0 Å². The number of sulfone groups is 1. The van der Waals surface area contributed by atoms with Gasteiger partial charge in [0.05, 0.1) is 17.0 Å². The van der Waals surface area contributed by atoms with Crippen molar-refractivity contribution >= 4 is 32.9 Å². The van der Waals surface area contributed by atoms with E-state index in [2.05, 4.69) is 10.6 Å². The fourth-order valence-corrected chi connectivity index (χ4v) is 4.59. The molecule has 0 spiro atoms. The Hall–Kier alpha value is -1.34. The molecule has 1 aromatic carbocycles. The number of phenolic OH excluding ortho intramolecular Hbond substituents is 1. The van der Waals surface area contributed by atoms with Crippen molar-refractivity contribution in [1.29, 1.82) is 0 Å². The largest absolute Gasteiger partial charge is 0.508 e. The van der Waals surface area contributed by atoms with Gasteiger partial charge in [0.15, 0.2) is 14.9 Å². The molecular weight excluding hydrogens is 284 g/mol. The topological polar surface area (TPSA) is 78.4 Å². The van der Waals surface area contributed by atoms with Gasteiger partial charge >= 0.3 is 0 Å². The quantitative estimate of drug-likeness (QED) is 0.714. The molecule has 0 bridgehead atoms. The highest BCUT2D eigenvalue weighted by molar-refractivity contribution is 7.91. The Bertz CT molecular complexity index is 601. The predicted molar refractivity (Wildman–Crippen MR) is 79.1 cm³/mol. The van der Waals surface area contributed by atoms with E-state index in [4.69, 9.17) is 12.2 Å². The van der Waals surface area contributed by atoms with E-state index in [0.717, 1.165) is 0 Å². The first-order valence-electron chi connectivity index (χ1n) is 5.87. The molecule has 0 radical (unpaired) electrons. The molecule has 1 aliphatic heterocycles. The van der Waals surface area contributed by atoms with E-state index in [9.17, 15) is 13.5 Å². The fraction of sp³-hybridized carbons (Fsp3) is 0.417. The van der Waals surface area contributed by atoms with Crippen LogP contribution in [0.15, 0.2) is 24.3 Å². The van der Waals surface area contributed by atoms with Crippen LogP contribution in [0.3, 0.4) is 0 Å². The van der Waals surface area contributed by atoms with E-state index < -0.39 is 15.4 Å². The number of nitrogens with one attached hydrogen (secondary N) is 2. The van der Waals surface area contributed by atoms with Crippen molar-refractivity contribution < 1.29 is 13.5 Å². The molecule has 1 aromatic rings. The number of rotatable bonds is 2. The molecule has 5 nitrogen and oxygen atoms in total. The van der Waals surface area contributed by atoms with Gasteiger partial charge < -0.3 is 15.7 Å². The highest BCUT2D eigenvalue weighted by Gasteiger charge is 2.38. The summed E-state index contributed by atoms with van der Waals surface area (Å²) in [5.41, 5.74) is 0.127. The molecule has 104 valence electrons. The highest BCUT2D eigenvalue weighted by Crippen LogP contribution is 2.23. The third-order valence-electron chi connectivity index (χ3n) is 3.02. The Balaban J connectivity index is 1.99. The Morgan fingerprint density at radius 2 is 2.21 bits per heavy atom. The lowest BCUT2D eigenvalue weighted by Crippen LogP contribution is -2.48. The number of phenols is 1. The number of thiocarbonyl (C=S) groups is 1. The van der Waals surface area contributed by atoms with Gasteiger partial charge in [-0.3, -0.25) is 0 Å². The van der Waals surface area contributed by atoms with Crippen LogP contribution in [0.2, 0.25) is 0 Å². The third kappa shape index (κ3) is 3.81. The van der Waals surface area contributed by atoms with E-state index in [1.54, 1.807) is 24.3 Å². The first-order valence-corrected chi connectivity index (χ1v) is 8.10. The van der Waals surface area contributed by atoms with Crippen LogP contribution in [0.1, 0.15) is 13.3 Å². The molecule has 3 N–H and O–H groups in total. The maximum absolute atomic E-state index is 11.5. The van der Waals surface area contributed by atoms with Crippen LogP contribution in [0, 0.1) is 0 Å². The minimum atomic E-state index is -2.97. The van der Waals surface area contributed by atoms with Gasteiger partial charge in [0.25, 0.3) is 0 Å². The van der Waals surface area contributed by atoms with Gasteiger partial charge in [-0.15, -0.1) is 0 Å². The lowest BCUT2D eigenvalue weighted by atomic mass is 10.0. The van der Waals surface area contributed by atoms with Crippen molar-refractivity contribution in [3.63, 3.8) is 0 Å². The average Bonchev–Trinajstić information content (AvgIpc) is 2.52. The summed E-state index contributed by atoms with van der Waals surface area (Å²) in [7, 11) is -2.97. The minimum Gasteiger partial charge on any atom is -0.508 e. The van der Waals surface area contributed by atoms with Crippen LogP contribution in [-0.4, -0.2) is 35.7 Å². The van der Waals surface area contributed by atoms with Crippen molar-refractivity contribution in [2.75, 3.05) is 16.8 Å². The zero-order chi connectivity index (χ0) is 14.1. The minimum absolute atomic E-state index is 0.0852. The second-order valence-electron chi connectivity index (χ2n) is 5.03. The van der Waals surface area contributed by atoms with Gasteiger partial charge in [0.2, 0.25) is 0 Å². The standard InChI is InChI=1S/C12H16N2O3S2/c1-12(5-6-19(16,17)8-12)14-11(18)13-9-3-2-4-10(15)7-9/h2-4,7,15H,5-6,8H2,1H3,(H2,13,14,18)/t12-/m1/s1. The molecule has 19 heavy (non-hydrogen) atoms. The van der Waals surface area contributed by atoms with Crippen molar-refractivity contribution in [2.45, 2.75) is 18.9 Å². The monoisotopic (exact) mass is 300 g/mol. The van der Waals surface area contributed by atoms with Gasteiger partial charge in [0, 0.05) is 11.8 Å². The molecule has 1 fully saturated rings. The van der Waals surface area contributed by atoms with E-state index in [1.807, 2.05) is 6.92 Å². The summed E-state index contributed by atoms with van der Waals surface area (Å²) in [4.78, 5) is 0. The lowest BCUT2D eigenvalue weighted by molar-refractivity contribution is 0.474. The zero-order valence-corrected chi connectivity index (χ0v) is 12.1. The van der Waals surface area contributed by atoms with Crippen molar-refractivity contribution in [2.24, 2.45) is 0 Å². The zero-order valence-electron chi connectivity index (χ0n) is 10.5. The summed E-state index contributed by atoms with van der Waals surface area (Å²) in [5.74, 6) is 0.412. The van der Waals surface area contributed by atoms with Crippen molar-refractivity contribution in [3.05, 3.63) is 24.3 Å². The third-order valence-corrected chi connectivity index (χ3v) is 5.13. The Morgan fingerprint density at radius 3 is 2.79 bits per heavy atom. The van der Waals surface area contributed by atoms with Crippen molar-refractivity contribution in [1.82, 2.24) is 5.32 Å². The molecule has 0 saturated carbocycles. The van der Waals surface area contributed by atoms with Crippen LogP contribution in [0.4, 0.5) is 5.69 Å². The normalized spacial score (nSPS) is 24.9. The first-order chi connectivity index (χ1) is 8.78. The van der Waals surface area contributed by atoms with E-state index >= 15 is 0 Å². The second kappa shape index (κ2) is 4.97. The van der Waals surface area contributed by atoms with Crippen LogP contribution >= 0.6 is 12.2 Å². The molecule has 1 atom stereocenters. The Kier molecular flexibility index (Phi) is 3.69. The molecule has 0 unspecified atom stereocenters. The molecule has 0 aromatic heterocycles. The van der Waals surface area contributed by atoms with Crippen molar-refractivity contribution in [3.8, 4) is 5.75 Å². The number of anilines is 1. The summed E-state index contributed by atoms with van der Waals surface area (Å²) in [6.45, 7) is 1.84. The predicted octanol–water partition coefficient (Wildman–Crippen LogP) is 1.26. The SMILES string of the molecule is C[C@@]1(NC(=S)Nc2cccc(O)c2)CCS(=O)(=O)C1. The summed E-state index contributed by atoms with van der Waals surface area (Å²) in [5, 5.41) is 15.7. The lowest BCUT2D eigenvalue weighted by Gasteiger charge is -2.26. The number of hydrogen-bond donors (Lipinski definition) is 3. The maximum Gasteiger partial charge on any atom is 0.171 e. The fourth-order valence-electron chi connectivity index (χ4n) is 2.13. The van der Waals surface area contributed by atoms with Gasteiger partial charge in [0.1, 0.15) is 5.75 Å². The number of benzene rings is 1. The molecule has 2 rings (SSSR count). The van der Waals surface area contributed by atoms with Crippen LogP contribution in [0.5, 0.6) is 5.75 Å². The van der Waals surface area contributed by atoms with Gasteiger partial charge in [-0.25, -0.2) is 8.42 Å². The maximum atomic E-state index is 11.5. The summed E-state index contributed by atoms with van der Waals surface area (Å²) < 4.78 is 23.0. The smallest absolute Gasteiger partial charge is 0.171 e. The molecule has 0 aliphatic carbocycles. The average molecular weight is 300 g/mol. The summed E-state index contributed by atoms with van der Waals surface area (Å²) in [6.07, 6.45) is 0.539. The van der Waals surface area contributed by atoms with E-state index in [0.29, 0.717) is 17.2 Å². The Morgan fingerprint density at radius 1 is 1.47 bits per heavy atom. The highest BCUT2D eigenvalue weighted by atomic mass is 32.2. The van der Waals surface area contributed by atoms with Crippen LogP contribution in [-0.2, 0) is 9.84 Å². The number of hydrogen-bond acceptors (Lipinski definition) is 4. The molecular formula is C12H16N2O3S2. The van der Waals surface area contributed by atoms with Gasteiger partial charge in [-0.05, 0) is 37.7 Å². The Labute approximate surface area is 117 Å². The number of aromatic hydroxyl groups is 1. The first kappa shape index (κ1) is 14.1. The van der Waals surface area contributed by atoms with E-state index in [-0.39, 0.29) is 17.3 Å². The second-order valence-corrected chi connectivity index (χ2v) is 7.62. The summed E-state index contributed by atoms with van der Waals surface area (Å²) >= 11 is 5.16. The van der Waals surface area contributed by atoms with Gasteiger partial charge in [-0.2, -0.15) is 0 Å². The molecule has 1 heterocycles. The molecule has 7 heteroatoms. The van der Waals surface area contributed by atoms with Gasteiger partial charge in [-0.1, -0.05) is 6.07 Å². The molecule has 1 aliphatic rings. The molecule has 0 amide bonds. The summed E-state index contributed by atoms with van der Waals surface area (Å²) in [6, 6.07) is 6.57. The molecule has 1 saturated heterocycles. The van der Waals surface area contributed by atoms with E-state index in [1.165, 1.54) is 0 Å². The van der Waals surface area contributed by atoms with Crippen LogP contribution < -0.4 is 10.6 Å².